The number of rotatable bonds is 5. The van der Waals surface area contributed by atoms with Crippen LogP contribution in [0.25, 0.3) is 0 Å². The number of carbonyl (C=O) groups is 2. The van der Waals surface area contributed by atoms with Gasteiger partial charge in [0.05, 0.1) is 16.5 Å². The molecule has 7 heteroatoms. The van der Waals surface area contributed by atoms with Gasteiger partial charge >= 0.3 is 5.97 Å². The van der Waals surface area contributed by atoms with E-state index in [1.165, 1.54) is 23.4 Å². The molecule has 1 heterocycles. The maximum Gasteiger partial charge on any atom is 0.310 e. The molecule has 25 heavy (non-hydrogen) atoms. The van der Waals surface area contributed by atoms with Crippen LogP contribution in [0.2, 0.25) is 10.0 Å². The third-order valence-corrected chi connectivity index (χ3v) is 4.44. The minimum Gasteiger partial charge on any atom is -0.455 e. The maximum atomic E-state index is 11.9. The van der Waals surface area contributed by atoms with Gasteiger partial charge in [-0.15, -0.1) is 0 Å². The van der Waals surface area contributed by atoms with Gasteiger partial charge < -0.3 is 10.1 Å². The molecule has 0 aliphatic heterocycles. The zero-order valence-electron chi connectivity index (χ0n) is 13.4. The van der Waals surface area contributed by atoms with E-state index >= 15 is 0 Å². The largest absolute Gasteiger partial charge is 0.455 e. The summed E-state index contributed by atoms with van der Waals surface area (Å²) in [6.45, 7) is -0.398. The Morgan fingerprint density at radius 2 is 1.96 bits per heavy atom. The first-order chi connectivity index (χ1) is 12.0. The average Bonchev–Trinajstić information content (AvgIpc) is 3.03. The Hall–Kier alpha value is -2.11. The summed E-state index contributed by atoms with van der Waals surface area (Å²) in [6.07, 6.45) is 4.81. The summed E-state index contributed by atoms with van der Waals surface area (Å²) in [5.74, 6) is -0.798. The Labute approximate surface area is 155 Å². The van der Waals surface area contributed by atoms with Crippen molar-refractivity contribution in [2.45, 2.75) is 25.7 Å². The van der Waals surface area contributed by atoms with Gasteiger partial charge in [0.1, 0.15) is 0 Å². The Morgan fingerprint density at radius 3 is 2.76 bits per heavy atom. The topological polar surface area (TPSA) is 68.3 Å². The number of anilines is 1. The third-order valence-electron chi connectivity index (χ3n) is 3.94. The van der Waals surface area contributed by atoms with Gasteiger partial charge in [-0.3, -0.25) is 9.59 Å². The molecule has 5 nitrogen and oxygen atoms in total. The summed E-state index contributed by atoms with van der Waals surface area (Å²) >= 11 is 11.7. The standard InChI is InChI=1S/C18H16Cl2N2O3/c19-14-8-15(20)18(21-9-14)22-16(23)10-25-17(24)7-11-4-5-12-2-1-3-13(12)6-11/h4-6,8-9H,1-3,7,10H2,(H,21,22,23). The molecule has 0 radical (unpaired) electrons. The summed E-state index contributed by atoms with van der Waals surface area (Å²) in [5, 5.41) is 3.05. The van der Waals surface area contributed by atoms with Crippen molar-refractivity contribution in [3.05, 3.63) is 57.2 Å². The van der Waals surface area contributed by atoms with Gasteiger partial charge in [0.25, 0.3) is 5.91 Å². The summed E-state index contributed by atoms with van der Waals surface area (Å²) in [6, 6.07) is 7.50. The van der Waals surface area contributed by atoms with Crippen molar-refractivity contribution in [2.24, 2.45) is 0 Å². The van der Waals surface area contributed by atoms with E-state index in [9.17, 15) is 9.59 Å². The molecule has 2 aromatic rings. The first kappa shape index (κ1) is 17.7. The molecule has 1 aliphatic carbocycles. The molecular formula is C18H16Cl2N2O3. The predicted octanol–water partition coefficient (Wildman–Crippen LogP) is 3.60. The number of ether oxygens (including phenoxy) is 1. The van der Waals surface area contributed by atoms with Crippen LogP contribution in [0.4, 0.5) is 5.82 Å². The smallest absolute Gasteiger partial charge is 0.310 e. The molecule has 1 aromatic carbocycles. The second-order valence-electron chi connectivity index (χ2n) is 5.83. The van der Waals surface area contributed by atoms with Crippen molar-refractivity contribution < 1.29 is 14.3 Å². The van der Waals surface area contributed by atoms with Crippen LogP contribution in [0, 0.1) is 0 Å². The summed E-state index contributed by atoms with van der Waals surface area (Å²) in [5.41, 5.74) is 3.55. The normalized spacial score (nSPS) is 12.6. The van der Waals surface area contributed by atoms with Crippen LogP contribution in [-0.2, 0) is 33.6 Å². The molecule has 0 fully saturated rings. The fourth-order valence-corrected chi connectivity index (χ4v) is 3.20. The molecule has 1 aliphatic rings. The van der Waals surface area contributed by atoms with Crippen LogP contribution in [0.3, 0.4) is 0 Å². The first-order valence-electron chi connectivity index (χ1n) is 7.88. The van der Waals surface area contributed by atoms with Crippen LogP contribution in [-0.4, -0.2) is 23.5 Å². The number of pyridine rings is 1. The van der Waals surface area contributed by atoms with Crippen LogP contribution in [0.15, 0.2) is 30.5 Å². The lowest BCUT2D eigenvalue weighted by Crippen LogP contribution is -2.22. The van der Waals surface area contributed by atoms with E-state index in [1.54, 1.807) is 0 Å². The fraction of sp³-hybridized carbons (Fsp3) is 0.278. The van der Waals surface area contributed by atoms with E-state index in [0.29, 0.717) is 5.02 Å². The monoisotopic (exact) mass is 378 g/mol. The molecule has 130 valence electrons. The van der Waals surface area contributed by atoms with Crippen molar-refractivity contribution in [1.82, 2.24) is 4.98 Å². The first-order valence-corrected chi connectivity index (χ1v) is 8.64. The number of hydrogen-bond acceptors (Lipinski definition) is 4. The van der Waals surface area contributed by atoms with Gasteiger partial charge in [-0.1, -0.05) is 41.4 Å². The van der Waals surface area contributed by atoms with E-state index in [1.807, 2.05) is 12.1 Å². The number of carbonyl (C=O) groups excluding carboxylic acids is 2. The lowest BCUT2D eigenvalue weighted by Gasteiger charge is -2.08. The second kappa shape index (κ2) is 7.85. The lowest BCUT2D eigenvalue weighted by atomic mass is 10.0. The van der Waals surface area contributed by atoms with Gasteiger partial charge in [-0.05, 0) is 42.0 Å². The molecule has 3 rings (SSSR count). The number of fused-ring (bicyclic) bond motifs is 1. The van der Waals surface area contributed by atoms with E-state index in [4.69, 9.17) is 27.9 Å². The number of benzene rings is 1. The number of esters is 1. The zero-order chi connectivity index (χ0) is 17.8. The number of aryl methyl sites for hydroxylation is 2. The predicted molar refractivity (Wildman–Crippen MR) is 96.0 cm³/mol. The van der Waals surface area contributed by atoms with Crippen LogP contribution in [0.5, 0.6) is 0 Å². The number of nitrogens with one attached hydrogen (secondary N) is 1. The maximum absolute atomic E-state index is 11.9. The van der Waals surface area contributed by atoms with Gasteiger partial charge in [-0.2, -0.15) is 0 Å². The van der Waals surface area contributed by atoms with E-state index in [-0.39, 0.29) is 17.3 Å². The van der Waals surface area contributed by atoms with Gasteiger partial charge in [0.15, 0.2) is 12.4 Å². The van der Waals surface area contributed by atoms with E-state index in [2.05, 4.69) is 16.4 Å². The molecule has 0 bridgehead atoms. The molecule has 1 amide bonds. The molecule has 0 unspecified atom stereocenters. The van der Waals surface area contributed by atoms with Crippen molar-refractivity contribution >= 4 is 40.9 Å². The SMILES string of the molecule is O=C(COC(=O)Cc1ccc2c(c1)CCC2)Nc1ncc(Cl)cc1Cl. The number of aromatic nitrogens is 1. The molecule has 0 saturated heterocycles. The van der Waals surface area contributed by atoms with E-state index in [0.717, 1.165) is 24.8 Å². The minimum atomic E-state index is -0.515. The fourth-order valence-electron chi connectivity index (χ4n) is 2.77. The molecule has 1 N–H and O–H groups in total. The summed E-state index contributed by atoms with van der Waals surface area (Å²) < 4.78 is 5.02. The highest BCUT2D eigenvalue weighted by atomic mass is 35.5. The van der Waals surface area contributed by atoms with Crippen molar-refractivity contribution in [1.29, 1.82) is 0 Å². The Kier molecular flexibility index (Phi) is 5.56. The van der Waals surface area contributed by atoms with Crippen molar-refractivity contribution in [3.63, 3.8) is 0 Å². The third kappa shape index (κ3) is 4.71. The molecule has 1 aromatic heterocycles. The number of halogens is 2. The molecule has 0 spiro atoms. The highest BCUT2D eigenvalue weighted by molar-refractivity contribution is 6.36. The number of amides is 1. The Balaban J connectivity index is 1.49. The van der Waals surface area contributed by atoms with Crippen LogP contribution in [0.1, 0.15) is 23.1 Å². The van der Waals surface area contributed by atoms with Crippen LogP contribution >= 0.6 is 23.2 Å². The quantitative estimate of drug-likeness (QED) is 0.806. The number of nitrogens with zero attached hydrogens (tertiary/aromatic N) is 1. The lowest BCUT2D eigenvalue weighted by molar-refractivity contribution is -0.146. The van der Waals surface area contributed by atoms with Gasteiger partial charge in [0, 0.05) is 6.20 Å². The highest BCUT2D eigenvalue weighted by Gasteiger charge is 2.14. The zero-order valence-corrected chi connectivity index (χ0v) is 14.9. The Morgan fingerprint density at radius 1 is 1.16 bits per heavy atom. The van der Waals surface area contributed by atoms with Crippen LogP contribution < -0.4 is 5.32 Å². The second-order valence-corrected chi connectivity index (χ2v) is 6.67. The van der Waals surface area contributed by atoms with Crippen molar-refractivity contribution in [2.75, 3.05) is 11.9 Å². The number of hydrogen-bond donors (Lipinski definition) is 1. The van der Waals surface area contributed by atoms with Gasteiger partial charge in [-0.25, -0.2) is 4.98 Å². The summed E-state index contributed by atoms with van der Waals surface area (Å²) in [7, 11) is 0. The molecular weight excluding hydrogens is 363 g/mol. The average molecular weight is 379 g/mol. The molecule has 0 atom stereocenters. The van der Waals surface area contributed by atoms with Gasteiger partial charge in [0.2, 0.25) is 0 Å². The minimum absolute atomic E-state index is 0.139. The van der Waals surface area contributed by atoms with E-state index < -0.39 is 18.5 Å². The molecule has 0 saturated carbocycles. The Bertz CT molecular complexity index is 824. The van der Waals surface area contributed by atoms with Crippen molar-refractivity contribution in [3.8, 4) is 0 Å². The highest BCUT2D eigenvalue weighted by Crippen LogP contribution is 2.23. The summed E-state index contributed by atoms with van der Waals surface area (Å²) in [4.78, 5) is 27.7.